The van der Waals surface area contributed by atoms with Crippen molar-refractivity contribution in [1.82, 2.24) is 0 Å². The van der Waals surface area contributed by atoms with E-state index in [9.17, 15) is 9.59 Å². The monoisotopic (exact) mass is 245 g/mol. The summed E-state index contributed by atoms with van der Waals surface area (Å²) >= 11 is 0. The maximum atomic E-state index is 11.9. The highest BCUT2D eigenvalue weighted by molar-refractivity contribution is 5.98. The molecule has 0 unspecified atom stereocenters. The van der Waals surface area contributed by atoms with Crippen LogP contribution in [0.25, 0.3) is 0 Å². The zero-order valence-electron chi connectivity index (χ0n) is 10.3. The summed E-state index contributed by atoms with van der Waals surface area (Å²) in [6.07, 6.45) is 0.920. The van der Waals surface area contributed by atoms with E-state index in [0.29, 0.717) is 24.2 Å². The molecule has 0 amide bonds. The second kappa shape index (κ2) is 7.23. The van der Waals surface area contributed by atoms with E-state index in [4.69, 9.17) is 10.00 Å². The number of ether oxygens (including phenoxy) is 1. The second-order valence-corrected chi connectivity index (χ2v) is 3.74. The zero-order valence-corrected chi connectivity index (χ0v) is 10.3. The predicted octanol–water partition coefficient (Wildman–Crippen LogP) is 2.47. The Labute approximate surface area is 106 Å². The maximum absolute atomic E-state index is 11.9. The Morgan fingerprint density at radius 2 is 2.00 bits per heavy atom. The molecular formula is C14H15NO3. The molecule has 0 saturated heterocycles. The fourth-order valence-corrected chi connectivity index (χ4v) is 1.58. The highest BCUT2D eigenvalue weighted by Crippen LogP contribution is 2.12. The summed E-state index contributed by atoms with van der Waals surface area (Å²) in [5.41, 5.74) is 0.794. The standard InChI is InChI=1S/C14H15NO3/c1-2-18-14(17)9-5-8-13(16)12-7-4-3-6-11(12)10-15/h3-4,6-7H,2,5,8-9H2,1H3. The van der Waals surface area contributed by atoms with Gasteiger partial charge in [-0.15, -0.1) is 0 Å². The smallest absolute Gasteiger partial charge is 0.305 e. The lowest BCUT2D eigenvalue weighted by atomic mass is 10.0. The molecule has 0 atom stereocenters. The Morgan fingerprint density at radius 3 is 2.67 bits per heavy atom. The summed E-state index contributed by atoms with van der Waals surface area (Å²) in [7, 11) is 0. The normalized spacial score (nSPS) is 9.56. The average molecular weight is 245 g/mol. The Bertz CT molecular complexity index is 474. The minimum absolute atomic E-state index is 0.114. The van der Waals surface area contributed by atoms with Crippen molar-refractivity contribution in [2.24, 2.45) is 0 Å². The second-order valence-electron chi connectivity index (χ2n) is 3.74. The Morgan fingerprint density at radius 1 is 1.28 bits per heavy atom. The minimum Gasteiger partial charge on any atom is -0.466 e. The van der Waals surface area contributed by atoms with E-state index in [1.165, 1.54) is 0 Å². The van der Waals surface area contributed by atoms with E-state index in [0.717, 1.165) is 0 Å². The fourth-order valence-electron chi connectivity index (χ4n) is 1.58. The van der Waals surface area contributed by atoms with Gasteiger partial charge in [0.2, 0.25) is 0 Å². The van der Waals surface area contributed by atoms with Gasteiger partial charge >= 0.3 is 5.97 Å². The lowest BCUT2D eigenvalue weighted by molar-refractivity contribution is -0.143. The number of nitrogens with zero attached hydrogens (tertiary/aromatic N) is 1. The largest absolute Gasteiger partial charge is 0.466 e. The van der Waals surface area contributed by atoms with E-state index in [1.54, 1.807) is 31.2 Å². The molecule has 0 saturated carbocycles. The van der Waals surface area contributed by atoms with Crippen molar-refractivity contribution in [1.29, 1.82) is 5.26 Å². The Balaban J connectivity index is 2.51. The molecule has 1 rings (SSSR count). The highest BCUT2D eigenvalue weighted by atomic mass is 16.5. The van der Waals surface area contributed by atoms with Crippen molar-refractivity contribution in [3.8, 4) is 6.07 Å². The molecule has 18 heavy (non-hydrogen) atoms. The predicted molar refractivity (Wildman–Crippen MR) is 66.0 cm³/mol. The molecule has 0 aliphatic rings. The lowest BCUT2D eigenvalue weighted by Gasteiger charge is -2.03. The number of hydrogen-bond acceptors (Lipinski definition) is 4. The molecule has 0 spiro atoms. The molecule has 0 radical (unpaired) electrons. The number of benzene rings is 1. The first-order chi connectivity index (χ1) is 8.69. The SMILES string of the molecule is CCOC(=O)CCCC(=O)c1ccccc1C#N. The molecule has 94 valence electrons. The number of Topliss-reactive ketones (excluding diaryl/α,β-unsaturated/α-hetero) is 1. The van der Waals surface area contributed by atoms with Crippen LogP contribution in [0.2, 0.25) is 0 Å². The summed E-state index contributed by atoms with van der Waals surface area (Å²) in [6, 6.07) is 8.66. The highest BCUT2D eigenvalue weighted by Gasteiger charge is 2.11. The number of rotatable bonds is 6. The van der Waals surface area contributed by atoms with Crippen LogP contribution in [0.4, 0.5) is 0 Å². The Kier molecular flexibility index (Phi) is 5.59. The van der Waals surface area contributed by atoms with Crippen LogP contribution in [0.5, 0.6) is 0 Å². The Hall–Kier alpha value is -2.15. The minimum atomic E-state index is -0.293. The number of hydrogen-bond donors (Lipinski definition) is 0. The number of carbonyl (C=O) groups is 2. The molecule has 0 heterocycles. The molecule has 0 fully saturated rings. The fraction of sp³-hybridized carbons (Fsp3) is 0.357. The van der Waals surface area contributed by atoms with Crippen LogP contribution in [0, 0.1) is 11.3 Å². The van der Waals surface area contributed by atoms with Gasteiger partial charge in [-0.3, -0.25) is 9.59 Å². The van der Waals surface area contributed by atoms with Crippen molar-refractivity contribution in [3.05, 3.63) is 35.4 Å². The first kappa shape index (κ1) is 13.9. The van der Waals surface area contributed by atoms with E-state index in [2.05, 4.69) is 0 Å². The van der Waals surface area contributed by atoms with Gasteiger partial charge in [-0.05, 0) is 19.4 Å². The van der Waals surface area contributed by atoms with Gasteiger partial charge in [0.05, 0.1) is 18.2 Å². The average Bonchev–Trinajstić information content (AvgIpc) is 2.38. The summed E-state index contributed by atoms with van der Waals surface area (Å²) in [6.45, 7) is 2.09. The molecule has 0 aliphatic heterocycles. The van der Waals surface area contributed by atoms with Gasteiger partial charge in [-0.25, -0.2) is 0 Å². The van der Waals surface area contributed by atoms with Crippen LogP contribution in [0.3, 0.4) is 0 Å². The molecule has 1 aromatic rings. The van der Waals surface area contributed by atoms with Gasteiger partial charge < -0.3 is 4.74 Å². The first-order valence-electron chi connectivity index (χ1n) is 5.87. The van der Waals surface area contributed by atoms with Crippen molar-refractivity contribution in [3.63, 3.8) is 0 Å². The molecule has 0 aromatic heterocycles. The third kappa shape index (κ3) is 4.02. The number of nitriles is 1. The molecule has 4 nitrogen and oxygen atoms in total. The zero-order chi connectivity index (χ0) is 13.4. The van der Waals surface area contributed by atoms with E-state index in [-0.39, 0.29) is 24.6 Å². The van der Waals surface area contributed by atoms with Crippen molar-refractivity contribution >= 4 is 11.8 Å². The van der Waals surface area contributed by atoms with Gasteiger partial charge in [-0.2, -0.15) is 5.26 Å². The van der Waals surface area contributed by atoms with Crippen LogP contribution in [-0.2, 0) is 9.53 Å². The van der Waals surface area contributed by atoms with E-state index < -0.39 is 0 Å². The van der Waals surface area contributed by atoms with Crippen LogP contribution in [-0.4, -0.2) is 18.4 Å². The number of ketones is 1. The van der Waals surface area contributed by atoms with Gasteiger partial charge in [-0.1, -0.05) is 18.2 Å². The summed E-state index contributed by atoms with van der Waals surface area (Å²) in [5.74, 6) is -0.407. The van der Waals surface area contributed by atoms with Crippen LogP contribution in [0.1, 0.15) is 42.1 Å². The van der Waals surface area contributed by atoms with Crippen molar-refractivity contribution < 1.29 is 14.3 Å². The molecular weight excluding hydrogens is 230 g/mol. The van der Waals surface area contributed by atoms with Crippen LogP contribution >= 0.6 is 0 Å². The first-order valence-corrected chi connectivity index (χ1v) is 5.87. The quantitative estimate of drug-likeness (QED) is 0.570. The lowest BCUT2D eigenvalue weighted by Crippen LogP contribution is -2.06. The van der Waals surface area contributed by atoms with Gasteiger partial charge in [0.15, 0.2) is 5.78 Å². The third-order valence-electron chi connectivity index (χ3n) is 2.44. The molecule has 0 aliphatic carbocycles. The van der Waals surface area contributed by atoms with Crippen LogP contribution in [0.15, 0.2) is 24.3 Å². The van der Waals surface area contributed by atoms with Crippen molar-refractivity contribution in [2.75, 3.05) is 6.61 Å². The molecule has 0 N–H and O–H groups in total. The number of esters is 1. The van der Waals surface area contributed by atoms with E-state index >= 15 is 0 Å². The third-order valence-corrected chi connectivity index (χ3v) is 2.44. The molecule has 0 bridgehead atoms. The topological polar surface area (TPSA) is 67.2 Å². The molecule has 4 heteroatoms. The van der Waals surface area contributed by atoms with Gasteiger partial charge in [0, 0.05) is 18.4 Å². The van der Waals surface area contributed by atoms with Crippen molar-refractivity contribution in [2.45, 2.75) is 26.2 Å². The summed E-state index contributed by atoms with van der Waals surface area (Å²) < 4.78 is 4.77. The van der Waals surface area contributed by atoms with E-state index in [1.807, 2.05) is 6.07 Å². The van der Waals surface area contributed by atoms with Gasteiger partial charge in [0.1, 0.15) is 0 Å². The summed E-state index contributed by atoms with van der Waals surface area (Å²) in [4.78, 5) is 23.0. The molecule has 1 aromatic carbocycles. The summed E-state index contributed by atoms with van der Waals surface area (Å²) in [5, 5.41) is 8.87. The maximum Gasteiger partial charge on any atom is 0.305 e. The number of carbonyl (C=O) groups excluding carboxylic acids is 2. The van der Waals surface area contributed by atoms with Gasteiger partial charge in [0.25, 0.3) is 0 Å². The van der Waals surface area contributed by atoms with Crippen LogP contribution < -0.4 is 0 Å².